The highest BCUT2D eigenvalue weighted by Crippen LogP contribution is 2.15. The Bertz CT molecular complexity index is 118. The van der Waals surface area contributed by atoms with E-state index in [0.717, 1.165) is 6.54 Å². The Labute approximate surface area is 53.6 Å². The second-order valence-corrected chi connectivity index (χ2v) is 2.77. The van der Waals surface area contributed by atoms with Crippen LogP contribution in [-0.4, -0.2) is 11.8 Å². The lowest BCUT2D eigenvalue weighted by atomic mass is 10.3. The maximum absolute atomic E-state index is 5.40. The van der Waals surface area contributed by atoms with Gasteiger partial charge in [-0.3, -0.25) is 0 Å². The monoisotopic (exact) mass is 127 g/mol. The third-order valence-corrected chi connectivity index (χ3v) is 2.01. The average molecular weight is 127 g/mol. The fraction of sp³-hybridized carbons (Fsp3) is 0.333. The topological polar surface area (TPSA) is 26.0 Å². The Morgan fingerprint density at radius 1 is 1.50 bits per heavy atom. The summed E-state index contributed by atoms with van der Waals surface area (Å²) >= 11 is 1.77. The van der Waals surface area contributed by atoms with Gasteiger partial charge in [0.15, 0.2) is 0 Å². The maximum Gasteiger partial charge on any atom is 0.0394 e. The van der Waals surface area contributed by atoms with E-state index in [4.69, 9.17) is 5.73 Å². The molecule has 1 rings (SSSR count). The van der Waals surface area contributed by atoms with Crippen LogP contribution in [0.4, 0.5) is 0 Å². The first kappa shape index (κ1) is 5.92. The van der Waals surface area contributed by atoms with Gasteiger partial charge in [-0.1, -0.05) is 18.2 Å². The summed E-state index contributed by atoms with van der Waals surface area (Å²) in [5.74, 6) is 0. The fourth-order valence-corrected chi connectivity index (χ4v) is 1.24. The lowest BCUT2D eigenvalue weighted by Gasteiger charge is -2.06. The molecule has 1 atom stereocenters. The van der Waals surface area contributed by atoms with Gasteiger partial charge in [-0.2, -0.15) is 0 Å². The van der Waals surface area contributed by atoms with E-state index >= 15 is 0 Å². The molecule has 2 N–H and O–H groups in total. The maximum atomic E-state index is 5.40. The van der Waals surface area contributed by atoms with Crippen LogP contribution < -0.4 is 5.73 Å². The van der Waals surface area contributed by atoms with Gasteiger partial charge < -0.3 is 5.73 Å². The molecule has 0 aromatic heterocycles. The van der Waals surface area contributed by atoms with E-state index in [1.165, 1.54) is 0 Å². The third kappa shape index (κ3) is 1.39. The third-order valence-electron chi connectivity index (χ3n) is 1.00. The minimum atomic E-state index is 0.514. The highest BCUT2D eigenvalue weighted by atomic mass is 32.2. The van der Waals surface area contributed by atoms with Crippen LogP contribution in [0.15, 0.2) is 23.6 Å². The Kier molecular flexibility index (Phi) is 2.18. The molecule has 0 aliphatic carbocycles. The summed E-state index contributed by atoms with van der Waals surface area (Å²) in [6.07, 6.45) is 6.18. The summed E-state index contributed by atoms with van der Waals surface area (Å²) in [6.45, 7) is 0.742. The van der Waals surface area contributed by atoms with Crippen LogP contribution in [-0.2, 0) is 0 Å². The molecule has 1 unspecified atom stereocenters. The smallest absolute Gasteiger partial charge is 0.0394 e. The number of nitrogens with two attached hydrogens (primary N) is 1. The normalized spacial score (nSPS) is 26.4. The van der Waals surface area contributed by atoms with Crippen LogP contribution in [0.3, 0.4) is 0 Å². The molecule has 0 saturated carbocycles. The van der Waals surface area contributed by atoms with E-state index in [-0.39, 0.29) is 0 Å². The summed E-state index contributed by atoms with van der Waals surface area (Å²) in [4.78, 5) is 0. The van der Waals surface area contributed by atoms with Crippen LogP contribution in [0.2, 0.25) is 0 Å². The van der Waals surface area contributed by atoms with Gasteiger partial charge in [0.2, 0.25) is 0 Å². The van der Waals surface area contributed by atoms with Crippen LogP contribution in [0.25, 0.3) is 0 Å². The van der Waals surface area contributed by atoms with Gasteiger partial charge in [0.1, 0.15) is 0 Å². The summed E-state index contributed by atoms with van der Waals surface area (Å²) in [5.41, 5.74) is 5.40. The van der Waals surface area contributed by atoms with Crippen LogP contribution in [0.1, 0.15) is 0 Å². The fourth-order valence-electron chi connectivity index (χ4n) is 0.559. The first-order chi connectivity index (χ1) is 3.93. The Balaban J connectivity index is 2.40. The van der Waals surface area contributed by atoms with Gasteiger partial charge in [0.25, 0.3) is 0 Å². The van der Waals surface area contributed by atoms with Crippen molar-refractivity contribution in [1.29, 1.82) is 0 Å². The summed E-state index contributed by atoms with van der Waals surface area (Å²) in [5, 5.41) is 2.58. The Morgan fingerprint density at radius 3 is 2.75 bits per heavy atom. The molecule has 0 radical (unpaired) electrons. The largest absolute Gasteiger partial charge is 0.329 e. The predicted octanol–water partition coefficient (Wildman–Crippen LogP) is 1.13. The molecular formula is C6H9NS. The van der Waals surface area contributed by atoms with Crippen molar-refractivity contribution in [2.45, 2.75) is 5.25 Å². The first-order valence-electron chi connectivity index (χ1n) is 2.62. The van der Waals surface area contributed by atoms with E-state index < -0.39 is 0 Å². The van der Waals surface area contributed by atoms with Crippen LogP contribution in [0, 0.1) is 0 Å². The molecule has 1 aliphatic rings. The minimum Gasteiger partial charge on any atom is -0.329 e. The quantitative estimate of drug-likeness (QED) is 0.571. The highest BCUT2D eigenvalue weighted by molar-refractivity contribution is 8.02. The van der Waals surface area contributed by atoms with E-state index in [2.05, 4.69) is 11.5 Å². The number of hydrogen-bond donors (Lipinski definition) is 1. The lowest BCUT2D eigenvalue weighted by molar-refractivity contribution is 1.03. The van der Waals surface area contributed by atoms with Crippen molar-refractivity contribution in [3.8, 4) is 0 Å². The van der Waals surface area contributed by atoms with Gasteiger partial charge >= 0.3 is 0 Å². The summed E-state index contributed by atoms with van der Waals surface area (Å²) in [7, 11) is 0. The Morgan fingerprint density at radius 2 is 2.38 bits per heavy atom. The molecule has 0 spiro atoms. The Hall–Kier alpha value is -0.210. The standard InChI is InChI=1S/C6H9NS/c7-5-6-3-1-2-4-8-6/h1-4,6H,5,7H2. The van der Waals surface area contributed by atoms with Crippen molar-refractivity contribution >= 4 is 11.8 Å². The van der Waals surface area contributed by atoms with Crippen LogP contribution in [0.5, 0.6) is 0 Å². The van der Waals surface area contributed by atoms with Crippen molar-refractivity contribution in [3.05, 3.63) is 23.6 Å². The molecule has 1 heterocycles. The molecule has 1 aliphatic heterocycles. The van der Waals surface area contributed by atoms with E-state index in [1.807, 2.05) is 12.2 Å². The molecule has 0 aromatic rings. The molecule has 1 nitrogen and oxygen atoms in total. The van der Waals surface area contributed by atoms with Gasteiger partial charge in [0, 0.05) is 11.8 Å². The zero-order valence-corrected chi connectivity index (χ0v) is 5.40. The molecule has 0 fully saturated rings. The van der Waals surface area contributed by atoms with Gasteiger partial charge in [-0.25, -0.2) is 0 Å². The highest BCUT2D eigenvalue weighted by Gasteiger charge is 1.99. The lowest BCUT2D eigenvalue weighted by Crippen LogP contribution is -2.13. The van der Waals surface area contributed by atoms with Crippen molar-refractivity contribution in [3.63, 3.8) is 0 Å². The number of rotatable bonds is 1. The molecule has 0 bridgehead atoms. The molecule has 0 aromatic carbocycles. The second kappa shape index (κ2) is 2.95. The number of allylic oxidation sites excluding steroid dienone is 2. The first-order valence-corrected chi connectivity index (χ1v) is 3.56. The molecule has 8 heavy (non-hydrogen) atoms. The van der Waals surface area contributed by atoms with Crippen molar-refractivity contribution in [2.75, 3.05) is 6.54 Å². The van der Waals surface area contributed by atoms with E-state index in [0.29, 0.717) is 5.25 Å². The number of thioether (sulfide) groups is 1. The predicted molar refractivity (Wildman–Crippen MR) is 38.7 cm³/mol. The molecule has 44 valence electrons. The second-order valence-electron chi connectivity index (χ2n) is 1.62. The van der Waals surface area contributed by atoms with Crippen molar-refractivity contribution < 1.29 is 0 Å². The zero-order valence-electron chi connectivity index (χ0n) is 4.58. The number of hydrogen-bond acceptors (Lipinski definition) is 2. The van der Waals surface area contributed by atoms with Crippen molar-refractivity contribution in [2.24, 2.45) is 5.73 Å². The molecular weight excluding hydrogens is 118 g/mol. The zero-order chi connectivity index (χ0) is 5.82. The van der Waals surface area contributed by atoms with Crippen LogP contribution >= 0.6 is 11.8 Å². The van der Waals surface area contributed by atoms with E-state index in [1.54, 1.807) is 11.8 Å². The molecule has 2 heteroatoms. The van der Waals surface area contributed by atoms with Gasteiger partial charge in [0.05, 0.1) is 0 Å². The summed E-state index contributed by atoms with van der Waals surface area (Å²) in [6, 6.07) is 0. The van der Waals surface area contributed by atoms with E-state index in [9.17, 15) is 0 Å². The molecule has 0 saturated heterocycles. The average Bonchev–Trinajstić information content (AvgIpc) is 1.90. The molecule has 0 amide bonds. The minimum absolute atomic E-state index is 0.514. The summed E-state index contributed by atoms with van der Waals surface area (Å²) < 4.78 is 0. The SMILES string of the molecule is NCC1C=CC=CS1. The van der Waals surface area contributed by atoms with Gasteiger partial charge in [-0.15, -0.1) is 11.8 Å². The van der Waals surface area contributed by atoms with Gasteiger partial charge in [-0.05, 0) is 5.41 Å². The van der Waals surface area contributed by atoms with Crippen molar-refractivity contribution in [1.82, 2.24) is 0 Å².